The average Bonchev–Trinajstić information content (AvgIpc) is 2.66. The maximum absolute atomic E-state index is 12.6. The Morgan fingerprint density at radius 3 is 3.06 bits per heavy atom. The fourth-order valence-electron chi connectivity index (χ4n) is 2.08. The summed E-state index contributed by atoms with van der Waals surface area (Å²) in [6.07, 6.45) is 4.76. The van der Waals surface area contributed by atoms with E-state index >= 15 is 0 Å². The lowest BCUT2D eigenvalue weighted by atomic mass is 10.1. The van der Waals surface area contributed by atoms with Crippen LogP contribution in [0, 0.1) is 0 Å². The molecule has 1 aliphatic heterocycles. The van der Waals surface area contributed by atoms with E-state index in [0.717, 1.165) is 30.5 Å². The van der Waals surface area contributed by atoms with Crippen LogP contribution in [-0.4, -0.2) is 33.6 Å². The first-order valence-corrected chi connectivity index (χ1v) is 5.44. The molecule has 1 aliphatic rings. The van der Waals surface area contributed by atoms with Gasteiger partial charge in [-0.2, -0.15) is 8.78 Å². The van der Waals surface area contributed by atoms with Crippen molar-refractivity contribution in [2.24, 2.45) is 5.73 Å². The van der Waals surface area contributed by atoms with Crippen LogP contribution in [0.5, 0.6) is 0 Å². The van der Waals surface area contributed by atoms with E-state index in [2.05, 4.69) is 9.88 Å². The molecule has 0 amide bonds. The lowest BCUT2D eigenvalue weighted by molar-refractivity contribution is 0.0628. The van der Waals surface area contributed by atoms with Gasteiger partial charge < -0.3 is 5.73 Å². The van der Waals surface area contributed by atoms with E-state index < -0.39 is 6.55 Å². The molecular formula is C10H16F2N4. The lowest BCUT2D eigenvalue weighted by Crippen LogP contribution is -2.42. The zero-order valence-electron chi connectivity index (χ0n) is 9.02. The molecule has 0 aliphatic carbocycles. The van der Waals surface area contributed by atoms with Gasteiger partial charge >= 0.3 is 6.55 Å². The molecule has 0 radical (unpaired) electrons. The molecule has 2 heterocycles. The van der Waals surface area contributed by atoms with E-state index in [4.69, 9.17) is 5.73 Å². The molecule has 2 rings (SSSR count). The molecular weight excluding hydrogens is 214 g/mol. The molecule has 1 fully saturated rings. The van der Waals surface area contributed by atoms with Crippen LogP contribution in [0.25, 0.3) is 0 Å². The predicted molar refractivity (Wildman–Crippen MR) is 56.0 cm³/mol. The second-order valence-corrected chi connectivity index (χ2v) is 4.17. The number of rotatable bonds is 3. The van der Waals surface area contributed by atoms with Crippen molar-refractivity contribution in [2.45, 2.75) is 32.0 Å². The Balaban J connectivity index is 2.00. The number of imidazole rings is 1. The van der Waals surface area contributed by atoms with Gasteiger partial charge in [-0.15, -0.1) is 0 Å². The van der Waals surface area contributed by atoms with Gasteiger partial charge in [0.1, 0.15) is 5.82 Å². The van der Waals surface area contributed by atoms with Gasteiger partial charge in [0, 0.05) is 25.0 Å². The number of nitrogens with two attached hydrogens (primary N) is 1. The SMILES string of the molecule is NC1CCCN(Cc2nccn2C(F)F)C1. The van der Waals surface area contributed by atoms with E-state index in [1.807, 2.05) is 0 Å². The molecule has 1 atom stereocenters. The summed E-state index contributed by atoms with van der Waals surface area (Å²) in [6, 6.07) is 0.156. The van der Waals surface area contributed by atoms with Gasteiger partial charge in [-0.25, -0.2) is 4.98 Å². The molecule has 0 spiro atoms. The van der Waals surface area contributed by atoms with Gasteiger partial charge in [0.15, 0.2) is 0 Å². The van der Waals surface area contributed by atoms with Crippen molar-refractivity contribution in [3.05, 3.63) is 18.2 Å². The summed E-state index contributed by atoms with van der Waals surface area (Å²) in [5.41, 5.74) is 5.83. The Kier molecular flexibility index (Phi) is 3.50. The largest absolute Gasteiger partial charge is 0.327 e. The predicted octanol–water partition coefficient (Wildman–Crippen LogP) is 1.20. The number of aromatic nitrogens is 2. The third-order valence-corrected chi connectivity index (χ3v) is 2.87. The minimum absolute atomic E-state index is 0.156. The third kappa shape index (κ3) is 2.56. The Bertz CT molecular complexity index is 339. The fraction of sp³-hybridized carbons (Fsp3) is 0.700. The smallest absolute Gasteiger partial charge is 0.319 e. The number of halogens is 2. The number of alkyl halides is 2. The standard InChI is InChI=1S/C10H16F2N4/c11-10(12)16-5-3-14-9(16)7-15-4-1-2-8(13)6-15/h3,5,8,10H,1-2,4,6-7,13H2. The molecule has 0 saturated carbocycles. The summed E-state index contributed by atoms with van der Waals surface area (Å²) in [5, 5.41) is 0. The normalized spacial score (nSPS) is 22.9. The minimum atomic E-state index is -2.52. The maximum atomic E-state index is 12.6. The second-order valence-electron chi connectivity index (χ2n) is 4.17. The highest BCUT2D eigenvalue weighted by Gasteiger charge is 2.19. The van der Waals surface area contributed by atoms with E-state index in [9.17, 15) is 8.78 Å². The highest BCUT2D eigenvalue weighted by Crippen LogP contribution is 2.16. The second kappa shape index (κ2) is 4.88. The Morgan fingerprint density at radius 2 is 2.38 bits per heavy atom. The number of nitrogens with zero attached hydrogens (tertiary/aromatic N) is 3. The molecule has 1 aromatic heterocycles. The van der Waals surface area contributed by atoms with E-state index in [-0.39, 0.29) is 6.04 Å². The fourth-order valence-corrected chi connectivity index (χ4v) is 2.08. The van der Waals surface area contributed by atoms with Crippen molar-refractivity contribution in [1.82, 2.24) is 14.5 Å². The van der Waals surface area contributed by atoms with Gasteiger partial charge in [-0.1, -0.05) is 0 Å². The van der Waals surface area contributed by atoms with Crippen LogP contribution in [0.2, 0.25) is 0 Å². The highest BCUT2D eigenvalue weighted by molar-refractivity contribution is 4.93. The number of hydrogen-bond donors (Lipinski definition) is 1. The van der Waals surface area contributed by atoms with Crippen LogP contribution < -0.4 is 5.73 Å². The monoisotopic (exact) mass is 230 g/mol. The van der Waals surface area contributed by atoms with Crippen LogP contribution >= 0.6 is 0 Å². The van der Waals surface area contributed by atoms with Gasteiger partial charge in [0.05, 0.1) is 6.54 Å². The van der Waals surface area contributed by atoms with Crippen LogP contribution in [0.4, 0.5) is 8.78 Å². The highest BCUT2D eigenvalue weighted by atomic mass is 19.3. The maximum Gasteiger partial charge on any atom is 0.319 e. The molecule has 2 N–H and O–H groups in total. The lowest BCUT2D eigenvalue weighted by Gasteiger charge is -2.30. The van der Waals surface area contributed by atoms with Gasteiger partial charge in [-0.3, -0.25) is 9.47 Å². The quantitative estimate of drug-likeness (QED) is 0.848. The van der Waals surface area contributed by atoms with Crippen molar-refractivity contribution in [3.63, 3.8) is 0 Å². The first-order chi connectivity index (χ1) is 7.66. The van der Waals surface area contributed by atoms with Gasteiger partial charge in [-0.05, 0) is 19.4 Å². The third-order valence-electron chi connectivity index (χ3n) is 2.87. The average molecular weight is 230 g/mol. The topological polar surface area (TPSA) is 47.1 Å². The number of hydrogen-bond acceptors (Lipinski definition) is 3. The zero-order valence-corrected chi connectivity index (χ0v) is 9.02. The Hall–Kier alpha value is -1.01. The molecule has 1 unspecified atom stereocenters. The molecule has 1 saturated heterocycles. The van der Waals surface area contributed by atoms with Gasteiger partial charge in [0.25, 0.3) is 0 Å². The van der Waals surface area contributed by atoms with Crippen molar-refractivity contribution in [1.29, 1.82) is 0 Å². The van der Waals surface area contributed by atoms with Crippen molar-refractivity contribution in [3.8, 4) is 0 Å². The summed E-state index contributed by atoms with van der Waals surface area (Å²) in [4.78, 5) is 6.04. The summed E-state index contributed by atoms with van der Waals surface area (Å²) in [5.74, 6) is 0.407. The molecule has 6 heteroatoms. The van der Waals surface area contributed by atoms with Crippen LogP contribution in [-0.2, 0) is 6.54 Å². The first-order valence-electron chi connectivity index (χ1n) is 5.44. The van der Waals surface area contributed by atoms with Crippen LogP contribution in [0.1, 0.15) is 25.2 Å². The Morgan fingerprint density at radius 1 is 1.56 bits per heavy atom. The van der Waals surface area contributed by atoms with Crippen LogP contribution in [0.3, 0.4) is 0 Å². The summed E-state index contributed by atoms with van der Waals surface area (Å²) < 4.78 is 26.0. The summed E-state index contributed by atoms with van der Waals surface area (Å²) in [7, 11) is 0. The molecule has 16 heavy (non-hydrogen) atoms. The molecule has 0 bridgehead atoms. The molecule has 0 aromatic carbocycles. The van der Waals surface area contributed by atoms with Crippen LogP contribution in [0.15, 0.2) is 12.4 Å². The van der Waals surface area contributed by atoms with Crippen molar-refractivity contribution < 1.29 is 8.78 Å². The van der Waals surface area contributed by atoms with Crippen molar-refractivity contribution >= 4 is 0 Å². The minimum Gasteiger partial charge on any atom is -0.327 e. The molecule has 90 valence electrons. The summed E-state index contributed by atoms with van der Waals surface area (Å²) >= 11 is 0. The van der Waals surface area contributed by atoms with Crippen molar-refractivity contribution in [2.75, 3.05) is 13.1 Å². The zero-order chi connectivity index (χ0) is 11.5. The Labute approximate surface area is 93.0 Å². The number of piperidine rings is 1. The van der Waals surface area contributed by atoms with E-state index in [0.29, 0.717) is 12.4 Å². The first kappa shape index (κ1) is 11.5. The molecule has 4 nitrogen and oxygen atoms in total. The molecule has 1 aromatic rings. The van der Waals surface area contributed by atoms with E-state index in [1.165, 1.54) is 12.4 Å². The van der Waals surface area contributed by atoms with E-state index in [1.54, 1.807) is 0 Å². The number of likely N-dealkylation sites (tertiary alicyclic amines) is 1. The van der Waals surface area contributed by atoms with Gasteiger partial charge in [0.2, 0.25) is 0 Å². The summed E-state index contributed by atoms with van der Waals surface area (Å²) in [6.45, 7) is -0.402.